The van der Waals surface area contributed by atoms with E-state index in [1.165, 1.54) is 49.7 Å². The Morgan fingerprint density at radius 2 is 1.75 bits per heavy atom. The van der Waals surface area contributed by atoms with Gasteiger partial charge in [0.25, 0.3) is 5.69 Å². The molecule has 3 aliphatic heterocycles. The molecule has 0 spiro atoms. The molecule has 2 amide bonds. The van der Waals surface area contributed by atoms with Gasteiger partial charge in [0, 0.05) is 23.9 Å². The SMILES string of the molecule is COc1ccc(C(=O)[C@@H]2[C@@H]3C(=O)N(c4cc([N+](=O)[O-])ccc4C)C(=O)[C@@H]3[C@H]3C=CC=NN32)cc1OC. The number of nitrogens with zero attached hydrogens (tertiary/aromatic N) is 4. The van der Waals surface area contributed by atoms with E-state index in [4.69, 9.17) is 9.47 Å². The van der Waals surface area contributed by atoms with Crippen molar-refractivity contribution in [2.75, 3.05) is 19.1 Å². The van der Waals surface area contributed by atoms with Crippen molar-refractivity contribution >= 4 is 35.2 Å². The monoisotopic (exact) mass is 490 g/mol. The maximum absolute atomic E-state index is 13.8. The fraction of sp³-hybridized carbons (Fsp3) is 0.280. The summed E-state index contributed by atoms with van der Waals surface area (Å²) in [6.07, 6.45) is 4.91. The molecule has 2 aromatic carbocycles. The molecule has 184 valence electrons. The summed E-state index contributed by atoms with van der Waals surface area (Å²) in [7, 11) is 2.93. The van der Waals surface area contributed by atoms with E-state index < -0.39 is 46.4 Å². The molecule has 4 atom stereocenters. The number of rotatable bonds is 6. The van der Waals surface area contributed by atoms with Gasteiger partial charge in [0.05, 0.1) is 42.7 Å². The number of ketones is 1. The third-order valence-electron chi connectivity index (χ3n) is 6.87. The summed E-state index contributed by atoms with van der Waals surface area (Å²) in [4.78, 5) is 53.0. The minimum absolute atomic E-state index is 0.140. The number of methoxy groups -OCH3 is 2. The number of allylic oxidation sites excluding steroid dienone is 1. The molecule has 2 aromatic rings. The van der Waals surface area contributed by atoms with Gasteiger partial charge in [0.2, 0.25) is 11.8 Å². The molecule has 11 nitrogen and oxygen atoms in total. The predicted molar refractivity (Wildman–Crippen MR) is 128 cm³/mol. The van der Waals surface area contributed by atoms with Gasteiger partial charge in [-0.1, -0.05) is 12.1 Å². The lowest BCUT2D eigenvalue weighted by Gasteiger charge is -2.30. The molecule has 0 unspecified atom stereocenters. The van der Waals surface area contributed by atoms with Crippen LogP contribution in [0, 0.1) is 28.9 Å². The van der Waals surface area contributed by atoms with Crippen molar-refractivity contribution in [3.63, 3.8) is 0 Å². The summed E-state index contributed by atoms with van der Waals surface area (Å²) < 4.78 is 10.6. The number of nitro benzene ring substituents is 1. The Morgan fingerprint density at radius 1 is 1.03 bits per heavy atom. The van der Waals surface area contributed by atoms with Gasteiger partial charge in [-0.05, 0) is 36.8 Å². The van der Waals surface area contributed by atoms with Crippen LogP contribution in [0.5, 0.6) is 11.5 Å². The predicted octanol–water partition coefficient (Wildman–Crippen LogP) is 2.52. The first-order valence-corrected chi connectivity index (χ1v) is 11.2. The number of fused-ring (bicyclic) bond motifs is 3. The van der Waals surface area contributed by atoms with Gasteiger partial charge in [-0.25, -0.2) is 4.90 Å². The number of non-ortho nitro benzene ring substituents is 1. The van der Waals surface area contributed by atoms with E-state index in [-0.39, 0.29) is 16.9 Å². The summed E-state index contributed by atoms with van der Waals surface area (Å²) >= 11 is 0. The minimum Gasteiger partial charge on any atom is -0.493 e. The van der Waals surface area contributed by atoms with Crippen molar-refractivity contribution in [3.8, 4) is 11.5 Å². The number of Topliss-reactive ketones (excluding diaryl/α,β-unsaturated/α-hetero) is 1. The molecule has 0 saturated carbocycles. The molecule has 11 heteroatoms. The van der Waals surface area contributed by atoms with Crippen LogP contribution in [-0.4, -0.2) is 60.0 Å². The minimum atomic E-state index is -1.06. The van der Waals surface area contributed by atoms with E-state index in [1.54, 1.807) is 31.2 Å². The zero-order valence-corrected chi connectivity index (χ0v) is 19.7. The highest BCUT2D eigenvalue weighted by atomic mass is 16.6. The van der Waals surface area contributed by atoms with E-state index in [9.17, 15) is 24.5 Å². The van der Waals surface area contributed by atoms with Crippen LogP contribution in [0.1, 0.15) is 15.9 Å². The summed E-state index contributed by atoms with van der Waals surface area (Å²) in [6.45, 7) is 1.66. The van der Waals surface area contributed by atoms with E-state index in [0.717, 1.165) is 4.90 Å². The van der Waals surface area contributed by atoms with Crippen molar-refractivity contribution < 1.29 is 28.8 Å². The van der Waals surface area contributed by atoms with E-state index in [0.29, 0.717) is 17.1 Å². The Bertz CT molecular complexity index is 1370. The number of hydrogen-bond acceptors (Lipinski definition) is 9. The average molecular weight is 490 g/mol. The van der Waals surface area contributed by atoms with Gasteiger partial charge in [0.15, 0.2) is 17.3 Å². The van der Waals surface area contributed by atoms with Crippen molar-refractivity contribution in [1.82, 2.24) is 5.01 Å². The fourth-order valence-electron chi connectivity index (χ4n) is 5.19. The van der Waals surface area contributed by atoms with Crippen LogP contribution in [-0.2, 0) is 9.59 Å². The Kier molecular flexibility index (Phi) is 5.54. The third-order valence-corrected chi connectivity index (χ3v) is 6.87. The smallest absolute Gasteiger partial charge is 0.271 e. The normalized spacial score (nSPS) is 24.1. The Morgan fingerprint density at radius 3 is 2.44 bits per heavy atom. The van der Waals surface area contributed by atoms with Crippen molar-refractivity contribution in [2.24, 2.45) is 16.9 Å². The van der Waals surface area contributed by atoms with Crippen LogP contribution in [0.2, 0.25) is 0 Å². The number of nitro groups is 1. The number of hydrazone groups is 1. The number of carbonyl (C=O) groups excluding carboxylic acids is 3. The molecule has 36 heavy (non-hydrogen) atoms. The molecule has 2 fully saturated rings. The number of benzene rings is 2. The average Bonchev–Trinajstić information content (AvgIpc) is 3.35. The molecule has 5 rings (SSSR count). The lowest BCUT2D eigenvalue weighted by molar-refractivity contribution is -0.384. The maximum Gasteiger partial charge on any atom is 0.271 e. The topological polar surface area (TPSA) is 132 Å². The number of amides is 2. The quantitative estimate of drug-likeness (QED) is 0.261. The van der Waals surface area contributed by atoms with E-state index in [1.807, 2.05) is 0 Å². The number of anilines is 1. The maximum atomic E-state index is 13.8. The highest BCUT2D eigenvalue weighted by Crippen LogP contribution is 2.47. The second kappa shape index (κ2) is 8.59. The molecule has 0 aliphatic carbocycles. The van der Waals surface area contributed by atoms with E-state index in [2.05, 4.69) is 5.10 Å². The van der Waals surface area contributed by atoms with Crippen LogP contribution in [0.3, 0.4) is 0 Å². The lowest BCUT2D eigenvalue weighted by atomic mass is 9.86. The fourth-order valence-corrected chi connectivity index (χ4v) is 5.19. The van der Waals surface area contributed by atoms with Crippen LogP contribution < -0.4 is 14.4 Å². The molecular formula is C25H22N4O7. The summed E-state index contributed by atoms with van der Waals surface area (Å²) in [5, 5.41) is 17.2. The van der Waals surface area contributed by atoms with Gasteiger partial charge in [0.1, 0.15) is 6.04 Å². The first-order chi connectivity index (χ1) is 17.3. The summed E-state index contributed by atoms with van der Waals surface area (Å²) in [5.41, 5.74) is 0.696. The molecule has 0 aromatic heterocycles. The van der Waals surface area contributed by atoms with Crippen LogP contribution in [0.4, 0.5) is 11.4 Å². The van der Waals surface area contributed by atoms with Gasteiger partial charge in [-0.2, -0.15) is 5.10 Å². The molecule has 3 aliphatic rings. The molecule has 3 heterocycles. The zero-order valence-electron chi connectivity index (χ0n) is 19.7. The number of carbonyl (C=O) groups is 3. The highest BCUT2D eigenvalue weighted by Gasteiger charge is 2.64. The molecule has 2 saturated heterocycles. The second-order valence-electron chi connectivity index (χ2n) is 8.69. The molecule has 0 bridgehead atoms. The number of ether oxygens (including phenoxy) is 2. The summed E-state index contributed by atoms with van der Waals surface area (Å²) in [5.74, 6) is -2.63. The molecule has 0 N–H and O–H groups in total. The Balaban J connectivity index is 1.59. The Labute approximate surface area is 205 Å². The second-order valence-corrected chi connectivity index (χ2v) is 8.69. The number of hydrogen-bond donors (Lipinski definition) is 0. The van der Waals surface area contributed by atoms with Crippen LogP contribution in [0.25, 0.3) is 0 Å². The highest BCUT2D eigenvalue weighted by molar-refractivity contribution is 6.25. The van der Waals surface area contributed by atoms with Crippen LogP contribution >= 0.6 is 0 Å². The number of imide groups is 1. The van der Waals surface area contributed by atoms with Crippen molar-refractivity contribution in [3.05, 3.63) is 69.8 Å². The zero-order chi connectivity index (χ0) is 25.7. The van der Waals surface area contributed by atoms with Crippen molar-refractivity contribution in [2.45, 2.75) is 19.0 Å². The first-order valence-electron chi connectivity index (χ1n) is 11.2. The summed E-state index contributed by atoms with van der Waals surface area (Å²) in [6, 6.07) is 7.03. The van der Waals surface area contributed by atoms with Gasteiger partial charge < -0.3 is 9.47 Å². The molecule has 0 radical (unpaired) electrons. The number of aryl methyl sites for hydroxylation is 1. The standard InChI is InChI=1S/C25H22N4O7/c1-13-6-8-15(29(33)34)12-17(13)27-24(31)20-16-5-4-10-26-28(16)22(21(20)25(27)32)23(30)14-7-9-18(35-2)19(11-14)36-3/h4-12,16,20-22H,1-3H3/t16-,20-,21-,22+/m1/s1. The van der Waals surface area contributed by atoms with Gasteiger partial charge >= 0.3 is 0 Å². The Hall–Kier alpha value is -4.54. The first kappa shape index (κ1) is 23.2. The van der Waals surface area contributed by atoms with Crippen molar-refractivity contribution in [1.29, 1.82) is 0 Å². The lowest BCUT2D eigenvalue weighted by Crippen LogP contribution is -2.46. The van der Waals surface area contributed by atoms with E-state index >= 15 is 0 Å². The van der Waals surface area contributed by atoms with Gasteiger partial charge in [-0.15, -0.1) is 0 Å². The molecular weight excluding hydrogens is 468 g/mol. The third kappa shape index (κ3) is 3.35. The largest absolute Gasteiger partial charge is 0.493 e. The van der Waals surface area contributed by atoms with Crippen LogP contribution in [0.15, 0.2) is 53.7 Å². The van der Waals surface area contributed by atoms with Gasteiger partial charge in [-0.3, -0.25) is 29.5 Å².